The van der Waals surface area contributed by atoms with Gasteiger partial charge in [0.05, 0.1) is 31.0 Å². The number of rotatable bonds is 12. The van der Waals surface area contributed by atoms with Gasteiger partial charge in [0.25, 0.3) is 5.78 Å². The van der Waals surface area contributed by atoms with Crippen LogP contribution < -0.4 is 19.1 Å². The average Bonchev–Trinajstić information content (AvgIpc) is 3.58. The van der Waals surface area contributed by atoms with Crippen molar-refractivity contribution in [3.8, 4) is 17.2 Å². The maximum atomic E-state index is 13.7. The van der Waals surface area contributed by atoms with Gasteiger partial charge >= 0.3 is 11.9 Å². The van der Waals surface area contributed by atoms with E-state index in [0.29, 0.717) is 35.1 Å². The van der Waals surface area contributed by atoms with E-state index in [1.54, 1.807) is 49.4 Å². The van der Waals surface area contributed by atoms with Crippen LogP contribution in [0.3, 0.4) is 0 Å². The molecule has 2 heterocycles. The number of esters is 1. The minimum atomic E-state index is -1.13. The molecule has 1 aromatic heterocycles. The van der Waals surface area contributed by atoms with E-state index in [-0.39, 0.29) is 34.4 Å². The SMILES string of the molecule is C=CCOC(=O)c1sc(N2C(=O)C(=O)/C(=C(/O)c3cccc(OCC)c3)C2c2ccc(OCc3ccccc3)c(OC)c2)nc1C. The lowest BCUT2D eigenvalue weighted by atomic mass is 9.95. The van der Waals surface area contributed by atoms with Gasteiger partial charge in [-0.3, -0.25) is 14.5 Å². The topological polar surface area (TPSA) is 124 Å². The van der Waals surface area contributed by atoms with Crippen LogP contribution in [-0.4, -0.2) is 48.1 Å². The van der Waals surface area contributed by atoms with E-state index in [4.69, 9.17) is 18.9 Å². The molecule has 0 bridgehead atoms. The number of ketones is 1. The van der Waals surface area contributed by atoms with Crippen LogP contribution in [0.5, 0.6) is 17.2 Å². The van der Waals surface area contributed by atoms with E-state index in [0.717, 1.165) is 16.9 Å². The van der Waals surface area contributed by atoms with Crippen molar-refractivity contribution in [3.63, 3.8) is 0 Å². The Morgan fingerprint density at radius 2 is 1.83 bits per heavy atom. The van der Waals surface area contributed by atoms with Gasteiger partial charge in [-0.05, 0) is 49.2 Å². The summed E-state index contributed by atoms with van der Waals surface area (Å²) in [5.41, 5.74) is 1.84. The van der Waals surface area contributed by atoms with Gasteiger partial charge in [0.1, 0.15) is 29.6 Å². The van der Waals surface area contributed by atoms with Crippen molar-refractivity contribution in [3.05, 3.63) is 118 Å². The number of aliphatic hydroxyl groups is 1. The molecule has 0 saturated carbocycles. The van der Waals surface area contributed by atoms with Crippen molar-refractivity contribution < 1.29 is 38.4 Å². The zero-order valence-electron chi connectivity index (χ0n) is 25.5. The second-order valence-electron chi connectivity index (χ2n) is 10.1. The van der Waals surface area contributed by atoms with E-state index in [9.17, 15) is 19.5 Å². The summed E-state index contributed by atoms with van der Waals surface area (Å²) in [6.45, 7) is 7.67. The predicted octanol–water partition coefficient (Wildman–Crippen LogP) is 6.41. The second kappa shape index (κ2) is 14.1. The third-order valence-corrected chi connectivity index (χ3v) is 8.25. The van der Waals surface area contributed by atoms with Crippen LogP contribution in [0.15, 0.2) is 91.0 Å². The minimum absolute atomic E-state index is 0.00465. The van der Waals surface area contributed by atoms with Crippen LogP contribution in [0.4, 0.5) is 5.13 Å². The molecule has 46 heavy (non-hydrogen) atoms. The van der Waals surface area contributed by atoms with Gasteiger partial charge in [0.15, 0.2) is 16.6 Å². The molecule has 1 amide bonds. The zero-order valence-corrected chi connectivity index (χ0v) is 26.3. The number of carbonyl (C=O) groups excluding carboxylic acids is 3. The molecule has 4 aromatic rings. The Kier molecular flexibility index (Phi) is 9.82. The van der Waals surface area contributed by atoms with Crippen molar-refractivity contribution in [2.75, 3.05) is 25.2 Å². The molecule has 1 aliphatic heterocycles. The van der Waals surface area contributed by atoms with Gasteiger partial charge in [-0.1, -0.05) is 72.5 Å². The van der Waals surface area contributed by atoms with Crippen LogP contribution in [0.25, 0.3) is 5.76 Å². The fraction of sp³-hybridized carbons (Fsp3) is 0.200. The highest BCUT2D eigenvalue weighted by atomic mass is 32.1. The van der Waals surface area contributed by atoms with Gasteiger partial charge in [-0.2, -0.15) is 0 Å². The first kappa shape index (κ1) is 32.0. The summed E-state index contributed by atoms with van der Waals surface area (Å²) in [4.78, 5) is 46.0. The number of Topliss-reactive ketones (excluding diaryl/α,β-unsaturated/α-hetero) is 1. The summed E-state index contributed by atoms with van der Waals surface area (Å²) in [5, 5.41) is 11.7. The standard InChI is InChI=1S/C35H32N2O8S/c1-5-17-44-34(41)32-21(3)36-35(46-32)37-29(23-15-16-26(27(19-23)42-4)45-20-22-11-8-7-9-12-22)28(31(39)33(37)40)30(38)24-13-10-14-25(18-24)43-6-2/h5,7-16,18-19,29,38H,1,6,17,20H2,2-4H3/b30-28+. The van der Waals surface area contributed by atoms with Crippen molar-refractivity contribution in [2.45, 2.75) is 26.5 Å². The quantitative estimate of drug-likeness (QED) is 0.0615. The molecule has 1 aliphatic rings. The number of methoxy groups -OCH3 is 1. The first-order chi connectivity index (χ1) is 22.3. The average molecular weight is 641 g/mol. The molecule has 3 aromatic carbocycles. The first-order valence-corrected chi connectivity index (χ1v) is 15.2. The van der Waals surface area contributed by atoms with E-state index in [2.05, 4.69) is 11.6 Å². The number of carbonyl (C=O) groups is 3. The number of amides is 1. The van der Waals surface area contributed by atoms with Crippen LogP contribution in [0, 0.1) is 6.92 Å². The molecule has 236 valence electrons. The first-order valence-electron chi connectivity index (χ1n) is 14.4. The van der Waals surface area contributed by atoms with E-state index >= 15 is 0 Å². The van der Waals surface area contributed by atoms with Gasteiger partial charge in [-0.15, -0.1) is 0 Å². The summed E-state index contributed by atoms with van der Waals surface area (Å²) in [5.74, 6) is -1.60. The van der Waals surface area contributed by atoms with E-state index in [1.165, 1.54) is 18.1 Å². The molecule has 1 atom stereocenters. The number of hydrogen-bond acceptors (Lipinski definition) is 10. The number of nitrogens with zero attached hydrogens (tertiary/aromatic N) is 2. The Hall–Kier alpha value is -5.42. The highest BCUT2D eigenvalue weighted by Crippen LogP contribution is 2.45. The Balaban J connectivity index is 1.63. The highest BCUT2D eigenvalue weighted by Gasteiger charge is 2.48. The van der Waals surface area contributed by atoms with Gasteiger partial charge in [-0.25, -0.2) is 9.78 Å². The molecule has 1 fully saturated rings. The Morgan fingerprint density at radius 3 is 2.54 bits per heavy atom. The van der Waals surface area contributed by atoms with E-state index < -0.39 is 29.5 Å². The van der Waals surface area contributed by atoms with Crippen LogP contribution in [0.1, 0.15) is 45.0 Å². The zero-order chi connectivity index (χ0) is 32.8. The Bertz CT molecular complexity index is 1810. The third-order valence-electron chi connectivity index (χ3n) is 7.11. The van der Waals surface area contributed by atoms with Crippen molar-refractivity contribution in [2.24, 2.45) is 0 Å². The number of benzene rings is 3. The number of thiazole rings is 1. The number of aryl methyl sites for hydroxylation is 1. The lowest BCUT2D eigenvalue weighted by Gasteiger charge is -2.24. The smallest absolute Gasteiger partial charge is 0.350 e. The predicted molar refractivity (Wildman–Crippen MR) is 173 cm³/mol. The highest BCUT2D eigenvalue weighted by molar-refractivity contribution is 7.17. The van der Waals surface area contributed by atoms with Crippen LogP contribution in [0.2, 0.25) is 0 Å². The summed E-state index contributed by atoms with van der Waals surface area (Å²) < 4.78 is 22.5. The van der Waals surface area contributed by atoms with E-state index in [1.807, 2.05) is 37.3 Å². The molecule has 1 unspecified atom stereocenters. The third kappa shape index (κ3) is 6.50. The molecule has 10 nitrogen and oxygen atoms in total. The largest absolute Gasteiger partial charge is 0.507 e. The maximum Gasteiger partial charge on any atom is 0.350 e. The normalized spacial score (nSPS) is 15.5. The fourth-order valence-electron chi connectivity index (χ4n) is 4.98. The van der Waals surface area contributed by atoms with Crippen molar-refractivity contribution in [1.29, 1.82) is 0 Å². The van der Waals surface area contributed by atoms with Crippen molar-refractivity contribution in [1.82, 2.24) is 4.98 Å². The fourth-order valence-corrected chi connectivity index (χ4v) is 5.97. The Labute approximate surface area is 270 Å². The lowest BCUT2D eigenvalue weighted by Crippen LogP contribution is -2.29. The molecule has 0 radical (unpaired) electrons. The summed E-state index contributed by atoms with van der Waals surface area (Å²) >= 11 is 0.910. The van der Waals surface area contributed by atoms with Crippen LogP contribution >= 0.6 is 11.3 Å². The Morgan fingerprint density at radius 1 is 1.04 bits per heavy atom. The second-order valence-corrected chi connectivity index (χ2v) is 11.1. The number of ether oxygens (including phenoxy) is 4. The minimum Gasteiger partial charge on any atom is -0.507 e. The molecule has 1 N–H and O–H groups in total. The van der Waals surface area contributed by atoms with Gasteiger partial charge in [0.2, 0.25) is 0 Å². The number of anilines is 1. The summed E-state index contributed by atoms with van der Waals surface area (Å²) in [6.07, 6.45) is 1.44. The maximum absolute atomic E-state index is 13.7. The number of aliphatic hydroxyl groups excluding tert-OH is 1. The number of hydrogen-bond donors (Lipinski definition) is 1. The molecular weight excluding hydrogens is 608 g/mol. The molecule has 0 aliphatic carbocycles. The van der Waals surface area contributed by atoms with Crippen molar-refractivity contribution >= 4 is 39.9 Å². The molecule has 11 heteroatoms. The molecular formula is C35H32N2O8S. The molecule has 1 saturated heterocycles. The summed E-state index contributed by atoms with van der Waals surface area (Å²) in [7, 11) is 1.48. The molecule has 5 rings (SSSR count). The monoisotopic (exact) mass is 640 g/mol. The van der Waals surface area contributed by atoms with Gasteiger partial charge in [0, 0.05) is 5.56 Å². The number of aromatic nitrogens is 1. The lowest BCUT2D eigenvalue weighted by molar-refractivity contribution is -0.132. The van der Waals surface area contributed by atoms with Gasteiger partial charge < -0.3 is 24.1 Å². The van der Waals surface area contributed by atoms with Crippen LogP contribution in [-0.2, 0) is 20.9 Å². The molecule has 0 spiro atoms. The summed E-state index contributed by atoms with van der Waals surface area (Å²) in [6, 6.07) is 20.1.